The second-order valence-electron chi connectivity index (χ2n) is 8.07. The average molecular weight is 357 g/mol. The third kappa shape index (κ3) is 7.63. The van der Waals surface area contributed by atoms with Crippen LogP contribution in [0.2, 0.25) is 0 Å². The molecule has 1 saturated heterocycles. The Bertz CT molecular complexity index is 434. The molecule has 1 N–H and O–H groups in total. The van der Waals surface area contributed by atoms with Gasteiger partial charge in [-0.15, -0.1) is 0 Å². The van der Waals surface area contributed by atoms with Crippen molar-refractivity contribution in [1.29, 1.82) is 0 Å². The molecule has 0 spiro atoms. The molecule has 3 atom stereocenters. The molecule has 1 amide bonds. The molecule has 0 saturated carbocycles. The van der Waals surface area contributed by atoms with Crippen LogP contribution >= 0.6 is 0 Å². The van der Waals surface area contributed by atoms with Gasteiger partial charge in [0, 0.05) is 12.6 Å². The van der Waals surface area contributed by atoms with Crippen LogP contribution in [0.25, 0.3) is 0 Å². The van der Waals surface area contributed by atoms with Crippen molar-refractivity contribution in [2.75, 3.05) is 20.2 Å². The molecule has 0 bridgehead atoms. The van der Waals surface area contributed by atoms with E-state index >= 15 is 0 Å². The minimum atomic E-state index is -0.584. The molecule has 25 heavy (non-hydrogen) atoms. The van der Waals surface area contributed by atoms with Crippen molar-refractivity contribution >= 4 is 12.1 Å². The maximum absolute atomic E-state index is 12.4. The zero-order valence-electron chi connectivity index (χ0n) is 16.8. The van der Waals surface area contributed by atoms with Crippen LogP contribution in [0.1, 0.15) is 66.7 Å². The maximum Gasteiger partial charge on any atom is 0.411 e. The Labute approximate surface area is 152 Å². The zero-order chi connectivity index (χ0) is 19.0. The van der Waals surface area contributed by atoms with Crippen molar-refractivity contribution in [2.45, 2.75) is 84.4 Å². The van der Waals surface area contributed by atoms with E-state index in [1.54, 1.807) is 0 Å². The summed E-state index contributed by atoms with van der Waals surface area (Å²) in [4.78, 5) is 26.1. The summed E-state index contributed by atoms with van der Waals surface area (Å²) in [6, 6.07) is -0.365. The number of ether oxygens (including phenoxy) is 2. The fraction of sp³-hybridized carbons (Fsp3) is 0.895. The molecule has 1 aliphatic heterocycles. The Kier molecular flexibility index (Phi) is 8.69. The molecule has 2 unspecified atom stereocenters. The summed E-state index contributed by atoms with van der Waals surface area (Å²) in [7, 11) is 1.36. The lowest BCUT2D eigenvalue weighted by Gasteiger charge is -2.38. The Morgan fingerprint density at radius 3 is 2.52 bits per heavy atom. The van der Waals surface area contributed by atoms with E-state index in [0.29, 0.717) is 18.9 Å². The third-order valence-electron chi connectivity index (χ3n) is 4.56. The number of esters is 1. The largest absolute Gasteiger partial charge is 0.467 e. The van der Waals surface area contributed by atoms with E-state index in [4.69, 9.17) is 9.47 Å². The highest BCUT2D eigenvalue weighted by molar-refractivity contribution is 5.81. The van der Waals surface area contributed by atoms with E-state index in [0.717, 1.165) is 19.4 Å². The summed E-state index contributed by atoms with van der Waals surface area (Å²) in [5.74, 6) is 0.326. The number of likely N-dealkylation sites (tertiary alicyclic amines) is 1. The molecule has 0 aromatic carbocycles. The van der Waals surface area contributed by atoms with Crippen molar-refractivity contribution in [2.24, 2.45) is 5.92 Å². The second-order valence-corrected chi connectivity index (χ2v) is 8.07. The Morgan fingerprint density at radius 2 is 1.96 bits per heavy atom. The predicted octanol–water partition coefficient (Wildman–Crippen LogP) is 3.34. The lowest BCUT2D eigenvalue weighted by atomic mass is 9.96. The van der Waals surface area contributed by atoms with Gasteiger partial charge >= 0.3 is 12.1 Å². The molecule has 1 heterocycles. The molecule has 1 rings (SSSR count). The maximum atomic E-state index is 12.4. The number of carbonyl (C=O) groups is 2. The van der Waals surface area contributed by atoms with Crippen LogP contribution in [0.3, 0.4) is 0 Å². The SMILES string of the molecule is CCCC(C)CCNC1CCN(C(=O)OC(C)(C)C)[C@H](C(=O)OC)C1. The van der Waals surface area contributed by atoms with Crippen molar-refractivity contribution in [3.63, 3.8) is 0 Å². The summed E-state index contributed by atoms with van der Waals surface area (Å²) in [6.07, 6.45) is 4.51. The number of nitrogens with one attached hydrogen (secondary N) is 1. The molecule has 6 heteroatoms. The molecular weight excluding hydrogens is 320 g/mol. The topological polar surface area (TPSA) is 67.9 Å². The molecule has 0 radical (unpaired) electrons. The van der Waals surface area contributed by atoms with Crippen molar-refractivity contribution in [3.05, 3.63) is 0 Å². The van der Waals surface area contributed by atoms with Gasteiger partial charge in [-0.05, 0) is 52.5 Å². The monoisotopic (exact) mass is 356 g/mol. The van der Waals surface area contributed by atoms with E-state index in [1.807, 2.05) is 20.8 Å². The number of rotatable bonds is 7. The highest BCUT2D eigenvalue weighted by Gasteiger charge is 2.38. The van der Waals surface area contributed by atoms with Gasteiger partial charge in [-0.2, -0.15) is 0 Å². The fourth-order valence-electron chi connectivity index (χ4n) is 3.22. The number of hydrogen-bond donors (Lipinski definition) is 1. The smallest absolute Gasteiger partial charge is 0.411 e. The quantitative estimate of drug-likeness (QED) is 0.709. The van der Waals surface area contributed by atoms with Gasteiger partial charge in [0.05, 0.1) is 7.11 Å². The number of methoxy groups -OCH3 is 1. The summed E-state index contributed by atoms with van der Waals surface area (Å²) in [5.41, 5.74) is -0.581. The molecule has 0 aromatic heterocycles. The molecule has 146 valence electrons. The minimum Gasteiger partial charge on any atom is -0.467 e. The molecular formula is C19H36N2O4. The first-order valence-corrected chi connectivity index (χ1v) is 9.48. The summed E-state index contributed by atoms with van der Waals surface area (Å²) in [6.45, 7) is 11.4. The number of nitrogens with zero attached hydrogens (tertiary/aromatic N) is 1. The molecule has 0 aromatic rings. The van der Waals surface area contributed by atoms with E-state index in [9.17, 15) is 9.59 Å². The summed E-state index contributed by atoms with van der Waals surface area (Å²) >= 11 is 0. The van der Waals surface area contributed by atoms with Gasteiger partial charge in [0.1, 0.15) is 11.6 Å². The van der Waals surface area contributed by atoms with Crippen LogP contribution in [-0.2, 0) is 14.3 Å². The zero-order valence-corrected chi connectivity index (χ0v) is 16.8. The summed E-state index contributed by atoms with van der Waals surface area (Å²) in [5, 5.41) is 3.54. The van der Waals surface area contributed by atoms with Gasteiger partial charge in [0.2, 0.25) is 0 Å². The van der Waals surface area contributed by atoms with E-state index < -0.39 is 17.7 Å². The summed E-state index contributed by atoms with van der Waals surface area (Å²) < 4.78 is 10.3. The average Bonchev–Trinajstić information content (AvgIpc) is 2.52. The first-order valence-electron chi connectivity index (χ1n) is 9.48. The highest BCUT2D eigenvalue weighted by atomic mass is 16.6. The molecule has 6 nitrogen and oxygen atoms in total. The minimum absolute atomic E-state index is 0.219. The van der Waals surface area contributed by atoms with E-state index in [-0.39, 0.29) is 12.0 Å². The highest BCUT2D eigenvalue weighted by Crippen LogP contribution is 2.22. The first kappa shape index (κ1) is 21.7. The lowest BCUT2D eigenvalue weighted by Crippen LogP contribution is -2.55. The lowest BCUT2D eigenvalue weighted by molar-refractivity contribution is -0.148. The van der Waals surface area contributed by atoms with Crippen molar-refractivity contribution in [3.8, 4) is 0 Å². The Hall–Kier alpha value is -1.30. The van der Waals surface area contributed by atoms with Gasteiger partial charge in [0.25, 0.3) is 0 Å². The molecule has 1 fully saturated rings. The predicted molar refractivity (Wildman–Crippen MR) is 98.5 cm³/mol. The Morgan fingerprint density at radius 1 is 1.28 bits per heavy atom. The van der Waals surface area contributed by atoms with E-state index in [2.05, 4.69) is 19.2 Å². The normalized spacial score (nSPS) is 22.4. The first-order chi connectivity index (χ1) is 11.7. The molecule has 0 aliphatic carbocycles. The van der Waals surface area contributed by atoms with Gasteiger partial charge in [0.15, 0.2) is 0 Å². The molecule has 1 aliphatic rings. The van der Waals surface area contributed by atoms with Crippen LogP contribution in [-0.4, -0.2) is 54.8 Å². The van der Waals surface area contributed by atoms with Crippen LogP contribution in [0, 0.1) is 5.92 Å². The third-order valence-corrected chi connectivity index (χ3v) is 4.56. The second kappa shape index (κ2) is 10.00. The standard InChI is InChI=1S/C19H36N2O4/c1-7-8-14(2)9-11-20-15-10-12-21(16(13-15)17(22)24-6)18(23)25-19(3,4)5/h14-16,20H,7-13H2,1-6H3/t14?,15?,16-/m0/s1. The van der Waals surface area contributed by atoms with Crippen LogP contribution < -0.4 is 5.32 Å². The van der Waals surface area contributed by atoms with Crippen LogP contribution in [0.5, 0.6) is 0 Å². The van der Waals surface area contributed by atoms with Gasteiger partial charge in [-0.3, -0.25) is 4.90 Å². The fourth-order valence-corrected chi connectivity index (χ4v) is 3.22. The van der Waals surface area contributed by atoms with Gasteiger partial charge in [-0.1, -0.05) is 26.7 Å². The number of piperidine rings is 1. The van der Waals surface area contributed by atoms with Gasteiger partial charge in [-0.25, -0.2) is 9.59 Å². The van der Waals surface area contributed by atoms with E-state index in [1.165, 1.54) is 24.9 Å². The van der Waals surface area contributed by atoms with Crippen LogP contribution in [0.4, 0.5) is 4.79 Å². The number of carbonyl (C=O) groups excluding carboxylic acids is 2. The Balaban J connectivity index is 2.60. The van der Waals surface area contributed by atoms with Crippen molar-refractivity contribution < 1.29 is 19.1 Å². The number of hydrogen-bond acceptors (Lipinski definition) is 5. The van der Waals surface area contributed by atoms with Crippen LogP contribution in [0.15, 0.2) is 0 Å². The number of amides is 1. The van der Waals surface area contributed by atoms with Gasteiger partial charge < -0.3 is 14.8 Å². The van der Waals surface area contributed by atoms with Crippen molar-refractivity contribution in [1.82, 2.24) is 10.2 Å².